The molecule has 1 heterocycles. The molecule has 156 valence electrons. The SMILES string of the molecule is COc1ccc(-c2cc(C3(C(=O)NCc4c(F)cccc4F)CC3)no2)cc1OC. The number of nitrogens with zero attached hydrogens (tertiary/aromatic N) is 1. The van der Waals surface area contributed by atoms with E-state index in [9.17, 15) is 13.6 Å². The summed E-state index contributed by atoms with van der Waals surface area (Å²) in [6.45, 7) is -0.237. The number of aromatic nitrogens is 1. The third kappa shape index (κ3) is 3.49. The minimum atomic E-state index is -0.847. The molecule has 30 heavy (non-hydrogen) atoms. The molecule has 0 spiro atoms. The molecule has 1 saturated carbocycles. The van der Waals surface area contributed by atoms with Crippen LogP contribution in [0.3, 0.4) is 0 Å². The van der Waals surface area contributed by atoms with Crippen LogP contribution in [-0.4, -0.2) is 25.3 Å². The van der Waals surface area contributed by atoms with Crippen molar-refractivity contribution < 1.29 is 27.6 Å². The van der Waals surface area contributed by atoms with Crippen LogP contribution < -0.4 is 14.8 Å². The van der Waals surface area contributed by atoms with Gasteiger partial charge in [0.25, 0.3) is 0 Å². The number of halogens is 2. The molecule has 1 aliphatic carbocycles. The van der Waals surface area contributed by atoms with Crippen molar-refractivity contribution in [3.8, 4) is 22.8 Å². The summed E-state index contributed by atoms with van der Waals surface area (Å²) in [4.78, 5) is 12.8. The van der Waals surface area contributed by atoms with E-state index in [1.54, 1.807) is 31.4 Å². The first-order valence-corrected chi connectivity index (χ1v) is 9.39. The van der Waals surface area contributed by atoms with Crippen LogP contribution in [0.4, 0.5) is 8.78 Å². The van der Waals surface area contributed by atoms with Gasteiger partial charge in [0.2, 0.25) is 5.91 Å². The van der Waals surface area contributed by atoms with E-state index in [4.69, 9.17) is 14.0 Å². The predicted octanol–water partition coefficient (Wildman–Crippen LogP) is 3.99. The van der Waals surface area contributed by atoms with Gasteiger partial charge in [-0.05, 0) is 43.2 Å². The Balaban J connectivity index is 1.52. The van der Waals surface area contributed by atoms with Crippen molar-refractivity contribution in [3.63, 3.8) is 0 Å². The van der Waals surface area contributed by atoms with E-state index in [1.165, 1.54) is 13.2 Å². The highest BCUT2D eigenvalue weighted by Gasteiger charge is 2.53. The Bertz CT molecular complexity index is 1070. The monoisotopic (exact) mass is 414 g/mol. The lowest BCUT2D eigenvalue weighted by Gasteiger charge is -2.13. The average molecular weight is 414 g/mol. The Morgan fingerprint density at radius 3 is 2.43 bits per heavy atom. The molecule has 0 aliphatic heterocycles. The van der Waals surface area contributed by atoms with Crippen LogP contribution in [0.5, 0.6) is 11.5 Å². The molecule has 1 aromatic heterocycles. The quantitative estimate of drug-likeness (QED) is 0.633. The third-order valence-corrected chi connectivity index (χ3v) is 5.34. The topological polar surface area (TPSA) is 73.6 Å². The molecule has 0 radical (unpaired) electrons. The van der Waals surface area contributed by atoms with Gasteiger partial charge < -0.3 is 19.3 Å². The zero-order chi connectivity index (χ0) is 21.3. The first-order valence-electron chi connectivity index (χ1n) is 9.39. The molecule has 0 saturated heterocycles. The van der Waals surface area contributed by atoms with Crippen LogP contribution in [0, 0.1) is 11.6 Å². The summed E-state index contributed by atoms with van der Waals surface area (Å²) < 4.78 is 43.6. The van der Waals surface area contributed by atoms with Crippen LogP contribution in [-0.2, 0) is 16.8 Å². The van der Waals surface area contributed by atoms with Gasteiger partial charge in [0.05, 0.1) is 25.3 Å². The highest BCUT2D eigenvalue weighted by Crippen LogP contribution is 2.49. The summed E-state index contributed by atoms with van der Waals surface area (Å²) in [7, 11) is 3.09. The van der Waals surface area contributed by atoms with Crippen LogP contribution in [0.25, 0.3) is 11.3 Å². The van der Waals surface area contributed by atoms with Gasteiger partial charge in [0.1, 0.15) is 11.6 Å². The highest BCUT2D eigenvalue weighted by atomic mass is 19.1. The van der Waals surface area contributed by atoms with Crippen molar-refractivity contribution in [1.82, 2.24) is 10.5 Å². The molecule has 1 amide bonds. The number of rotatable bonds is 7. The highest BCUT2D eigenvalue weighted by molar-refractivity contribution is 5.91. The van der Waals surface area contributed by atoms with Gasteiger partial charge in [-0.3, -0.25) is 4.79 Å². The summed E-state index contributed by atoms with van der Waals surface area (Å²) >= 11 is 0. The molecule has 0 atom stereocenters. The first kappa shape index (κ1) is 19.9. The Morgan fingerprint density at radius 1 is 1.10 bits per heavy atom. The van der Waals surface area contributed by atoms with Crippen LogP contribution in [0.1, 0.15) is 24.1 Å². The Labute approximate surface area is 171 Å². The second kappa shape index (κ2) is 7.78. The van der Waals surface area contributed by atoms with Gasteiger partial charge in [0.15, 0.2) is 17.3 Å². The molecular formula is C22H20F2N2O4. The van der Waals surface area contributed by atoms with Crippen molar-refractivity contribution in [1.29, 1.82) is 0 Å². The van der Waals surface area contributed by atoms with Gasteiger partial charge in [-0.25, -0.2) is 8.78 Å². The number of nitrogens with one attached hydrogen (secondary N) is 1. The van der Waals surface area contributed by atoms with Crippen molar-refractivity contribution >= 4 is 5.91 Å². The maximum absolute atomic E-state index is 13.8. The van der Waals surface area contributed by atoms with Crippen LogP contribution >= 0.6 is 0 Å². The lowest BCUT2D eigenvalue weighted by atomic mass is 10.00. The average Bonchev–Trinajstić information content (AvgIpc) is 3.42. The molecule has 1 N–H and O–H groups in total. The number of methoxy groups -OCH3 is 2. The van der Waals surface area contributed by atoms with E-state index < -0.39 is 17.0 Å². The fourth-order valence-electron chi connectivity index (χ4n) is 3.39. The van der Waals surface area contributed by atoms with Crippen molar-refractivity contribution in [2.45, 2.75) is 24.8 Å². The summed E-state index contributed by atoms with van der Waals surface area (Å²) in [5.41, 5.74) is 0.183. The van der Waals surface area contributed by atoms with Crippen LogP contribution in [0.15, 0.2) is 47.0 Å². The van der Waals surface area contributed by atoms with Crippen molar-refractivity contribution in [2.75, 3.05) is 14.2 Å². The fourth-order valence-corrected chi connectivity index (χ4v) is 3.39. The molecule has 1 aliphatic rings. The standard InChI is InChI=1S/C22H20F2N2O4/c1-28-17-7-6-13(10-19(17)29-2)18-11-20(26-30-18)22(8-9-22)21(27)25-12-14-15(23)4-3-5-16(14)24/h3-7,10-11H,8-9,12H2,1-2H3,(H,25,27). The third-order valence-electron chi connectivity index (χ3n) is 5.34. The minimum absolute atomic E-state index is 0.173. The van der Waals surface area contributed by atoms with Crippen LogP contribution in [0.2, 0.25) is 0 Å². The number of benzene rings is 2. The van der Waals surface area contributed by atoms with Gasteiger partial charge in [-0.15, -0.1) is 0 Å². The van der Waals surface area contributed by atoms with E-state index >= 15 is 0 Å². The van der Waals surface area contributed by atoms with Crippen molar-refractivity contribution in [2.24, 2.45) is 0 Å². The molecule has 4 rings (SSSR count). The van der Waals surface area contributed by atoms with Gasteiger partial charge in [0, 0.05) is 23.7 Å². The zero-order valence-electron chi connectivity index (χ0n) is 16.5. The molecular weight excluding hydrogens is 394 g/mol. The summed E-state index contributed by atoms with van der Waals surface area (Å²) in [5.74, 6) is -0.129. The summed E-state index contributed by atoms with van der Waals surface area (Å²) in [6, 6.07) is 10.6. The molecule has 3 aromatic rings. The lowest BCUT2D eigenvalue weighted by molar-refractivity contribution is -0.123. The number of carbonyl (C=O) groups is 1. The molecule has 1 fully saturated rings. The fraction of sp³-hybridized carbons (Fsp3) is 0.273. The predicted molar refractivity (Wildman–Crippen MR) is 104 cm³/mol. The maximum Gasteiger partial charge on any atom is 0.232 e. The zero-order valence-corrected chi connectivity index (χ0v) is 16.5. The number of ether oxygens (including phenoxy) is 2. The van der Waals surface area contributed by atoms with E-state index in [0.717, 1.165) is 17.7 Å². The Morgan fingerprint density at radius 2 is 1.80 bits per heavy atom. The molecule has 0 bridgehead atoms. The number of hydrogen-bond donors (Lipinski definition) is 1. The summed E-state index contributed by atoms with van der Waals surface area (Å²) in [5, 5.41) is 6.71. The molecule has 0 unspecified atom stereocenters. The van der Waals surface area contributed by atoms with E-state index in [0.29, 0.717) is 35.8 Å². The Kier molecular flexibility index (Phi) is 5.15. The van der Waals surface area contributed by atoms with Gasteiger partial charge in [-0.1, -0.05) is 11.2 Å². The van der Waals surface area contributed by atoms with E-state index in [-0.39, 0.29) is 18.0 Å². The molecule has 6 nitrogen and oxygen atoms in total. The normalized spacial score (nSPS) is 14.3. The first-order chi connectivity index (χ1) is 14.5. The number of hydrogen-bond acceptors (Lipinski definition) is 5. The number of carbonyl (C=O) groups excluding carboxylic acids is 1. The van der Waals surface area contributed by atoms with Crippen molar-refractivity contribution in [3.05, 3.63) is 65.4 Å². The molecule has 2 aromatic carbocycles. The molecule has 8 heteroatoms. The van der Waals surface area contributed by atoms with Gasteiger partial charge in [-0.2, -0.15) is 0 Å². The maximum atomic E-state index is 13.8. The van der Waals surface area contributed by atoms with E-state index in [2.05, 4.69) is 10.5 Å². The van der Waals surface area contributed by atoms with Gasteiger partial charge >= 0.3 is 0 Å². The largest absolute Gasteiger partial charge is 0.493 e. The number of amides is 1. The van der Waals surface area contributed by atoms with E-state index in [1.807, 2.05) is 0 Å². The Hall–Kier alpha value is -3.42. The second-order valence-electron chi connectivity index (χ2n) is 7.11. The smallest absolute Gasteiger partial charge is 0.232 e. The second-order valence-corrected chi connectivity index (χ2v) is 7.11. The minimum Gasteiger partial charge on any atom is -0.493 e. The lowest BCUT2D eigenvalue weighted by Crippen LogP contribution is -2.35. The summed E-state index contributed by atoms with van der Waals surface area (Å²) in [6.07, 6.45) is 1.16.